The second kappa shape index (κ2) is 6.03. The van der Waals surface area contributed by atoms with Crippen molar-refractivity contribution in [2.75, 3.05) is 13.1 Å². The molecule has 21 heavy (non-hydrogen) atoms. The van der Waals surface area contributed by atoms with Gasteiger partial charge in [-0.25, -0.2) is 0 Å². The Labute approximate surface area is 128 Å². The molecule has 2 unspecified atom stereocenters. The Morgan fingerprint density at radius 1 is 0.905 bits per heavy atom. The number of piperidine rings is 1. The van der Waals surface area contributed by atoms with Gasteiger partial charge >= 0.3 is 0 Å². The summed E-state index contributed by atoms with van der Waals surface area (Å²) in [5, 5.41) is 3.59. The quantitative estimate of drug-likeness (QED) is 0.855. The predicted molar refractivity (Wildman–Crippen MR) is 90.1 cm³/mol. The lowest BCUT2D eigenvalue weighted by Gasteiger charge is -2.34. The van der Waals surface area contributed by atoms with Crippen molar-refractivity contribution in [3.8, 4) is 0 Å². The van der Waals surface area contributed by atoms with Gasteiger partial charge in [0, 0.05) is 12.5 Å². The van der Waals surface area contributed by atoms with E-state index in [-0.39, 0.29) is 0 Å². The Balaban J connectivity index is 2.00. The van der Waals surface area contributed by atoms with Gasteiger partial charge in [-0.3, -0.25) is 0 Å². The van der Waals surface area contributed by atoms with Crippen LogP contribution in [0.2, 0.25) is 0 Å². The Bertz CT molecular complexity index is 629. The average Bonchev–Trinajstić information content (AvgIpc) is 2.50. The van der Waals surface area contributed by atoms with Crippen LogP contribution in [0.25, 0.3) is 0 Å². The van der Waals surface area contributed by atoms with Gasteiger partial charge in [-0.15, -0.1) is 0 Å². The minimum Gasteiger partial charge on any atom is -0.316 e. The molecular weight excluding hydrogens is 254 g/mol. The molecule has 1 nitrogen and oxygen atoms in total. The third-order valence-electron chi connectivity index (χ3n) is 4.79. The molecule has 0 spiro atoms. The maximum Gasteiger partial charge on any atom is 0.00328 e. The van der Waals surface area contributed by atoms with E-state index in [2.05, 4.69) is 68.6 Å². The Morgan fingerprint density at radius 2 is 1.71 bits per heavy atom. The lowest BCUT2D eigenvalue weighted by molar-refractivity contribution is 0.403. The molecule has 0 bridgehead atoms. The molecule has 0 aromatic heterocycles. The van der Waals surface area contributed by atoms with Crippen LogP contribution in [0.1, 0.15) is 46.1 Å². The van der Waals surface area contributed by atoms with E-state index in [4.69, 9.17) is 0 Å². The molecule has 110 valence electrons. The molecule has 0 aliphatic carbocycles. The first-order chi connectivity index (χ1) is 10.1. The summed E-state index contributed by atoms with van der Waals surface area (Å²) in [6, 6.07) is 15.9. The fraction of sp³-hybridized carbons (Fsp3) is 0.400. The van der Waals surface area contributed by atoms with Crippen molar-refractivity contribution in [3.05, 3.63) is 70.3 Å². The molecule has 1 heteroatoms. The van der Waals surface area contributed by atoms with Gasteiger partial charge in [-0.1, -0.05) is 53.6 Å². The van der Waals surface area contributed by atoms with Crippen molar-refractivity contribution in [3.63, 3.8) is 0 Å². The van der Waals surface area contributed by atoms with Crippen LogP contribution in [0.5, 0.6) is 0 Å². The molecule has 0 saturated carbocycles. The molecule has 1 saturated heterocycles. The average molecular weight is 279 g/mol. The molecule has 0 amide bonds. The minimum absolute atomic E-state index is 0.583. The monoisotopic (exact) mass is 279 g/mol. The zero-order valence-electron chi connectivity index (χ0n) is 13.3. The van der Waals surface area contributed by atoms with Crippen LogP contribution >= 0.6 is 0 Å². The molecule has 1 fully saturated rings. The third kappa shape index (κ3) is 3.03. The summed E-state index contributed by atoms with van der Waals surface area (Å²) in [5.41, 5.74) is 7.19. The van der Waals surface area contributed by atoms with Crippen LogP contribution < -0.4 is 5.32 Å². The summed E-state index contributed by atoms with van der Waals surface area (Å²) in [4.78, 5) is 0. The number of hydrogen-bond acceptors (Lipinski definition) is 1. The molecule has 2 atom stereocenters. The fourth-order valence-corrected chi connectivity index (χ4v) is 3.64. The summed E-state index contributed by atoms with van der Waals surface area (Å²) in [5.74, 6) is 1.21. The van der Waals surface area contributed by atoms with Gasteiger partial charge in [-0.05, 0) is 56.3 Å². The number of rotatable bonds is 2. The van der Waals surface area contributed by atoms with E-state index >= 15 is 0 Å². The van der Waals surface area contributed by atoms with Crippen molar-refractivity contribution in [1.82, 2.24) is 5.32 Å². The maximum absolute atomic E-state index is 3.59. The van der Waals surface area contributed by atoms with Crippen LogP contribution in [0, 0.1) is 20.8 Å². The first-order valence-corrected chi connectivity index (χ1v) is 7.99. The lowest BCUT2D eigenvalue weighted by atomic mass is 9.75. The molecule has 1 aliphatic heterocycles. The number of hydrogen-bond donors (Lipinski definition) is 1. The highest BCUT2D eigenvalue weighted by Crippen LogP contribution is 2.39. The standard InChI is InChI=1S/C20H25N/c1-14-5-4-6-17(11-14)20-13-21-10-9-18(20)19-12-15(2)7-8-16(19)3/h4-8,11-12,18,20-21H,9-10,13H2,1-3H3. The van der Waals surface area contributed by atoms with Gasteiger partial charge in [0.1, 0.15) is 0 Å². The summed E-state index contributed by atoms with van der Waals surface area (Å²) in [7, 11) is 0. The van der Waals surface area contributed by atoms with E-state index in [0.717, 1.165) is 13.1 Å². The van der Waals surface area contributed by atoms with E-state index in [1.165, 1.54) is 28.7 Å². The molecule has 2 aromatic carbocycles. The van der Waals surface area contributed by atoms with E-state index in [9.17, 15) is 0 Å². The van der Waals surface area contributed by atoms with E-state index in [0.29, 0.717) is 11.8 Å². The van der Waals surface area contributed by atoms with Crippen LogP contribution in [0.15, 0.2) is 42.5 Å². The van der Waals surface area contributed by atoms with Crippen molar-refractivity contribution in [2.24, 2.45) is 0 Å². The highest BCUT2D eigenvalue weighted by molar-refractivity contribution is 5.38. The van der Waals surface area contributed by atoms with Crippen LogP contribution in [0.4, 0.5) is 0 Å². The SMILES string of the molecule is Cc1cccc(C2CNCCC2c2cc(C)ccc2C)c1. The van der Waals surface area contributed by atoms with E-state index < -0.39 is 0 Å². The number of nitrogens with one attached hydrogen (secondary N) is 1. The third-order valence-corrected chi connectivity index (χ3v) is 4.79. The molecular formula is C20H25N. The summed E-state index contributed by atoms with van der Waals surface area (Å²) < 4.78 is 0. The normalized spacial score (nSPS) is 22.2. The van der Waals surface area contributed by atoms with E-state index in [1.807, 2.05) is 0 Å². The second-order valence-electron chi connectivity index (χ2n) is 6.48. The summed E-state index contributed by atoms with van der Waals surface area (Å²) in [6.07, 6.45) is 1.23. The Morgan fingerprint density at radius 3 is 2.52 bits per heavy atom. The zero-order valence-corrected chi connectivity index (χ0v) is 13.3. The minimum atomic E-state index is 0.583. The summed E-state index contributed by atoms with van der Waals surface area (Å²) in [6.45, 7) is 8.85. The first-order valence-electron chi connectivity index (χ1n) is 7.99. The van der Waals surface area contributed by atoms with Gasteiger partial charge in [0.2, 0.25) is 0 Å². The predicted octanol–water partition coefficient (Wildman–Crippen LogP) is 4.47. The fourth-order valence-electron chi connectivity index (χ4n) is 3.64. The van der Waals surface area contributed by atoms with Crippen LogP contribution in [-0.4, -0.2) is 13.1 Å². The largest absolute Gasteiger partial charge is 0.316 e. The van der Waals surface area contributed by atoms with Crippen LogP contribution in [0.3, 0.4) is 0 Å². The number of aryl methyl sites for hydroxylation is 3. The van der Waals surface area contributed by atoms with E-state index in [1.54, 1.807) is 5.56 Å². The zero-order chi connectivity index (χ0) is 14.8. The van der Waals surface area contributed by atoms with Gasteiger partial charge < -0.3 is 5.32 Å². The molecule has 2 aromatic rings. The topological polar surface area (TPSA) is 12.0 Å². The van der Waals surface area contributed by atoms with Gasteiger partial charge in [0.25, 0.3) is 0 Å². The van der Waals surface area contributed by atoms with Gasteiger partial charge in [0.05, 0.1) is 0 Å². The maximum atomic E-state index is 3.59. The van der Waals surface area contributed by atoms with Gasteiger partial charge in [0.15, 0.2) is 0 Å². The second-order valence-corrected chi connectivity index (χ2v) is 6.48. The molecule has 1 N–H and O–H groups in total. The van der Waals surface area contributed by atoms with Gasteiger partial charge in [-0.2, -0.15) is 0 Å². The smallest absolute Gasteiger partial charge is 0.00328 e. The van der Waals surface area contributed by atoms with Crippen LogP contribution in [-0.2, 0) is 0 Å². The molecule has 1 aliphatic rings. The van der Waals surface area contributed by atoms with Crippen molar-refractivity contribution in [1.29, 1.82) is 0 Å². The summed E-state index contributed by atoms with van der Waals surface area (Å²) >= 11 is 0. The Kier molecular flexibility index (Phi) is 4.12. The number of benzene rings is 2. The molecule has 1 heterocycles. The lowest BCUT2D eigenvalue weighted by Crippen LogP contribution is -2.34. The Hall–Kier alpha value is -1.60. The molecule has 3 rings (SSSR count). The van der Waals surface area contributed by atoms with Crippen molar-refractivity contribution in [2.45, 2.75) is 39.0 Å². The highest BCUT2D eigenvalue weighted by atomic mass is 14.9. The van der Waals surface area contributed by atoms with Crippen molar-refractivity contribution < 1.29 is 0 Å². The van der Waals surface area contributed by atoms with Crippen molar-refractivity contribution >= 4 is 0 Å². The first kappa shape index (κ1) is 14.3. The highest BCUT2D eigenvalue weighted by Gasteiger charge is 2.28. The molecule has 0 radical (unpaired) electrons.